The minimum atomic E-state index is -0.259. The van der Waals surface area contributed by atoms with E-state index in [9.17, 15) is 9.59 Å². The lowest BCUT2D eigenvalue weighted by Crippen LogP contribution is -2.37. The number of piperidine rings is 1. The zero-order valence-electron chi connectivity index (χ0n) is 16.5. The molecule has 29 heavy (non-hydrogen) atoms. The maximum atomic E-state index is 12.9. The van der Waals surface area contributed by atoms with Gasteiger partial charge in [0.2, 0.25) is 0 Å². The third-order valence-electron chi connectivity index (χ3n) is 5.29. The number of aromatic nitrogens is 2. The summed E-state index contributed by atoms with van der Waals surface area (Å²) in [6.45, 7) is 1.50. The van der Waals surface area contributed by atoms with Crippen molar-refractivity contribution in [1.29, 1.82) is 0 Å². The smallest absolute Gasteiger partial charge is 0.274 e. The van der Waals surface area contributed by atoms with Gasteiger partial charge in [0.15, 0.2) is 0 Å². The number of aryl methyl sites for hydroxylation is 1. The van der Waals surface area contributed by atoms with Crippen LogP contribution in [-0.2, 0) is 7.05 Å². The van der Waals surface area contributed by atoms with Gasteiger partial charge in [-0.1, -0.05) is 42.5 Å². The topological polar surface area (TPSA) is 67.2 Å². The quantitative estimate of drug-likeness (QED) is 0.735. The molecule has 0 radical (unpaired) electrons. The molecule has 0 aliphatic carbocycles. The number of likely N-dealkylation sites (tertiary alicyclic amines) is 1. The highest BCUT2D eigenvalue weighted by atomic mass is 16.2. The normalized spacial score (nSPS) is 13.9. The molecule has 6 nitrogen and oxygen atoms in total. The molecule has 0 atom stereocenters. The Morgan fingerprint density at radius 3 is 2.24 bits per heavy atom. The van der Waals surface area contributed by atoms with Crippen LogP contribution < -0.4 is 5.32 Å². The minimum Gasteiger partial charge on any atom is -0.337 e. The fraction of sp³-hybridized carbons (Fsp3) is 0.261. The Bertz CT molecular complexity index is 1000. The van der Waals surface area contributed by atoms with Crippen molar-refractivity contribution in [2.24, 2.45) is 7.05 Å². The molecule has 2 aromatic carbocycles. The summed E-state index contributed by atoms with van der Waals surface area (Å²) < 4.78 is 1.53. The molecule has 2 amide bonds. The number of anilines is 1. The van der Waals surface area contributed by atoms with Gasteiger partial charge in [-0.3, -0.25) is 14.3 Å². The average Bonchev–Trinajstić information content (AvgIpc) is 3.14. The highest BCUT2D eigenvalue weighted by Crippen LogP contribution is 2.22. The first kappa shape index (κ1) is 18.9. The second kappa shape index (κ2) is 8.31. The Hall–Kier alpha value is -3.41. The summed E-state index contributed by atoms with van der Waals surface area (Å²) >= 11 is 0. The van der Waals surface area contributed by atoms with Crippen LogP contribution in [0, 0.1) is 0 Å². The lowest BCUT2D eigenvalue weighted by Gasteiger charge is -2.27. The van der Waals surface area contributed by atoms with Gasteiger partial charge in [-0.05, 0) is 42.5 Å². The molecule has 6 heteroatoms. The molecule has 1 N–H and O–H groups in total. The van der Waals surface area contributed by atoms with Gasteiger partial charge in [0, 0.05) is 25.7 Å². The Morgan fingerprint density at radius 2 is 1.55 bits per heavy atom. The third-order valence-corrected chi connectivity index (χ3v) is 5.29. The van der Waals surface area contributed by atoms with Gasteiger partial charge in [-0.2, -0.15) is 5.10 Å². The number of hydrogen-bond donors (Lipinski definition) is 1. The molecule has 2 heterocycles. The maximum Gasteiger partial charge on any atom is 0.274 e. The van der Waals surface area contributed by atoms with Crippen LogP contribution in [0.4, 0.5) is 5.69 Å². The molecule has 3 aromatic rings. The highest BCUT2D eigenvalue weighted by molar-refractivity contribution is 6.08. The number of nitrogens with one attached hydrogen (secondary N) is 1. The summed E-state index contributed by atoms with van der Waals surface area (Å²) in [5, 5.41) is 7.04. The number of nitrogens with zero attached hydrogens (tertiary/aromatic N) is 3. The summed E-state index contributed by atoms with van der Waals surface area (Å²) in [6.07, 6.45) is 4.71. The fourth-order valence-corrected chi connectivity index (χ4v) is 3.67. The van der Waals surface area contributed by atoms with E-state index in [4.69, 9.17) is 0 Å². The van der Waals surface area contributed by atoms with Crippen molar-refractivity contribution in [1.82, 2.24) is 14.7 Å². The Morgan fingerprint density at radius 1 is 0.897 bits per heavy atom. The zero-order valence-corrected chi connectivity index (χ0v) is 16.5. The largest absolute Gasteiger partial charge is 0.337 e. The van der Waals surface area contributed by atoms with Crippen LogP contribution in [0.3, 0.4) is 0 Å². The van der Waals surface area contributed by atoms with E-state index in [1.165, 1.54) is 10.9 Å². The summed E-state index contributed by atoms with van der Waals surface area (Å²) in [7, 11) is 1.72. The fourth-order valence-electron chi connectivity index (χ4n) is 3.67. The van der Waals surface area contributed by atoms with Crippen LogP contribution in [0.5, 0.6) is 0 Å². The molecule has 1 aliphatic rings. The summed E-state index contributed by atoms with van der Waals surface area (Å²) in [6, 6.07) is 17.4. The predicted molar refractivity (Wildman–Crippen MR) is 113 cm³/mol. The molecule has 1 aromatic heterocycles. The monoisotopic (exact) mass is 388 g/mol. The summed E-state index contributed by atoms with van der Waals surface area (Å²) in [4.78, 5) is 27.5. The molecule has 0 bridgehead atoms. The number of amides is 2. The van der Waals surface area contributed by atoms with Gasteiger partial charge >= 0.3 is 0 Å². The van der Waals surface area contributed by atoms with E-state index in [2.05, 4.69) is 10.4 Å². The molecular formula is C23H24N4O2. The van der Waals surface area contributed by atoms with Crippen molar-refractivity contribution in [2.75, 3.05) is 18.4 Å². The van der Waals surface area contributed by atoms with Gasteiger partial charge in [-0.15, -0.1) is 0 Å². The van der Waals surface area contributed by atoms with E-state index in [1.54, 1.807) is 19.2 Å². The van der Waals surface area contributed by atoms with E-state index in [-0.39, 0.29) is 11.8 Å². The molecule has 4 rings (SSSR count). The standard InChI is InChI=1S/C23H24N4O2/c1-26-21(23(29)27-14-6-3-7-15-27)20(16-24-26)25-22(28)19-12-10-18(11-13-19)17-8-4-2-5-9-17/h2,4-5,8-13,16H,3,6-7,14-15H2,1H3,(H,25,28). The van der Waals surface area contributed by atoms with Crippen LogP contribution in [0.1, 0.15) is 40.1 Å². The SMILES string of the molecule is Cn1ncc(NC(=O)c2ccc(-c3ccccc3)cc2)c1C(=O)N1CCCCC1. The Balaban J connectivity index is 1.51. The molecule has 1 aliphatic heterocycles. The summed E-state index contributed by atoms with van der Waals surface area (Å²) in [5.74, 6) is -0.343. The highest BCUT2D eigenvalue weighted by Gasteiger charge is 2.25. The van der Waals surface area contributed by atoms with Crippen molar-refractivity contribution in [3.63, 3.8) is 0 Å². The first-order valence-electron chi connectivity index (χ1n) is 9.91. The molecule has 148 valence electrons. The lowest BCUT2D eigenvalue weighted by molar-refractivity contribution is 0.0714. The predicted octanol–water partition coefficient (Wildman–Crippen LogP) is 3.97. The second-order valence-electron chi connectivity index (χ2n) is 7.28. The Kier molecular flexibility index (Phi) is 5.42. The first-order valence-corrected chi connectivity index (χ1v) is 9.91. The number of benzene rings is 2. The van der Waals surface area contributed by atoms with E-state index >= 15 is 0 Å². The zero-order chi connectivity index (χ0) is 20.2. The maximum absolute atomic E-state index is 12.9. The van der Waals surface area contributed by atoms with Crippen LogP contribution in [0.15, 0.2) is 60.8 Å². The third kappa shape index (κ3) is 4.06. The van der Waals surface area contributed by atoms with Crippen molar-refractivity contribution in [3.05, 3.63) is 72.1 Å². The van der Waals surface area contributed by atoms with Gasteiger partial charge < -0.3 is 10.2 Å². The number of carbonyl (C=O) groups excluding carboxylic acids is 2. The van der Waals surface area contributed by atoms with E-state index < -0.39 is 0 Å². The van der Waals surface area contributed by atoms with Crippen LogP contribution in [0.2, 0.25) is 0 Å². The van der Waals surface area contributed by atoms with Crippen molar-refractivity contribution < 1.29 is 9.59 Å². The van der Waals surface area contributed by atoms with Gasteiger partial charge in [0.25, 0.3) is 11.8 Å². The van der Waals surface area contributed by atoms with E-state index in [0.717, 1.165) is 43.5 Å². The second-order valence-corrected chi connectivity index (χ2v) is 7.28. The molecular weight excluding hydrogens is 364 g/mol. The Labute approximate surface area is 170 Å². The van der Waals surface area contributed by atoms with Crippen molar-refractivity contribution in [3.8, 4) is 11.1 Å². The number of carbonyl (C=O) groups is 2. The van der Waals surface area contributed by atoms with Crippen LogP contribution in [-0.4, -0.2) is 39.6 Å². The number of hydrogen-bond acceptors (Lipinski definition) is 3. The molecule has 1 saturated heterocycles. The average molecular weight is 388 g/mol. The molecule has 0 spiro atoms. The summed E-state index contributed by atoms with van der Waals surface area (Å²) in [5.41, 5.74) is 3.54. The molecule has 0 saturated carbocycles. The van der Waals surface area contributed by atoms with Crippen LogP contribution >= 0.6 is 0 Å². The van der Waals surface area contributed by atoms with Gasteiger partial charge in [0.05, 0.1) is 11.9 Å². The number of rotatable bonds is 4. The minimum absolute atomic E-state index is 0.0839. The lowest BCUT2D eigenvalue weighted by atomic mass is 10.0. The van der Waals surface area contributed by atoms with E-state index in [0.29, 0.717) is 16.9 Å². The van der Waals surface area contributed by atoms with Crippen molar-refractivity contribution >= 4 is 17.5 Å². The van der Waals surface area contributed by atoms with Gasteiger partial charge in [0.1, 0.15) is 5.69 Å². The van der Waals surface area contributed by atoms with E-state index in [1.807, 2.05) is 47.4 Å². The first-order chi connectivity index (χ1) is 14.1. The van der Waals surface area contributed by atoms with Crippen LogP contribution in [0.25, 0.3) is 11.1 Å². The van der Waals surface area contributed by atoms with Gasteiger partial charge in [-0.25, -0.2) is 0 Å². The van der Waals surface area contributed by atoms with Crippen molar-refractivity contribution in [2.45, 2.75) is 19.3 Å². The molecule has 0 unspecified atom stereocenters. The molecule has 1 fully saturated rings.